The van der Waals surface area contributed by atoms with Crippen molar-refractivity contribution in [1.29, 1.82) is 0 Å². The summed E-state index contributed by atoms with van der Waals surface area (Å²) in [6.07, 6.45) is 3.55. The van der Waals surface area contributed by atoms with Crippen molar-refractivity contribution in [2.24, 2.45) is 7.05 Å². The first kappa shape index (κ1) is 12.0. The third kappa shape index (κ3) is 2.04. The third-order valence-electron chi connectivity index (χ3n) is 2.98. The Labute approximate surface area is 118 Å². The van der Waals surface area contributed by atoms with Crippen molar-refractivity contribution in [2.45, 2.75) is 0 Å². The fourth-order valence-corrected chi connectivity index (χ4v) is 2.45. The summed E-state index contributed by atoms with van der Waals surface area (Å²) < 4.78 is 2.69. The lowest BCUT2D eigenvalue weighted by Crippen LogP contribution is -1.97. The number of nitrogens with zero attached hydrogens (tertiary/aromatic N) is 3. The minimum Gasteiger partial charge on any atom is -0.383 e. The van der Waals surface area contributed by atoms with Crippen LogP contribution in [-0.2, 0) is 7.05 Å². The van der Waals surface area contributed by atoms with Crippen molar-refractivity contribution in [2.75, 3.05) is 5.73 Å². The molecule has 0 saturated carbocycles. The van der Waals surface area contributed by atoms with Gasteiger partial charge in [-0.25, -0.2) is 0 Å². The maximum absolute atomic E-state index is 6.15. The second-order valence-electron chi connectivity index (χ2n) is 4.23. The Morgan fingerprint density at radius 2 is 2.16 bits per heavy atom. The van der Waals surface area contributed by atoms with Gasteiger partial charge >= 0.3 is 0 Å². The van der Waals surface area contributed by atoms with Crippen molar-refractivity contribution in [3.05, 3.63) is 41.1 Å². The van der Waals surface area contributed by atoms with Crippen LogP contribution in [0.1, 0.15) is 0 Å². The van der Waals surface area contributed by atoms with Crippen molar-refractivity contribution >= 4 is 21.7 Å². The molecule has 0 aliphatic heterocycles. The van der Waals surface area contributed by atoms with Crippen LogP contribution in [0.25, 0.3) is 22.4 Å². The normalized spacial score (nSPS) is 10.8. The van der Waals surface area contributed by atoms with Crippen LogP contribution in [-0.4, -0.2) is 20.0 Å². The number of H-pyrrole nitrogens is 1. The van der Waals surface area contributed by atoms with Gasteiger partial charge in [0.15, 0.2) is 0 Å². The number of benzene rings is 1. The van der Waals surface area contributed by atoms with E-state index in [2.05, 4.69) is 31.2 Å². The first-order valence-electron chi connectivity index (χ1n) is 5.74. The van der Waals surface area contributed by atoms with Crippen molar-refractivity contribution in [1.82, 2.24) is 20.0 Å². The van der Waals surface area contributed by atoms with Crippen LogP contribution in [0.5, 0.6) is 0 Å². The van der Waals surface area contributed by atoms with Crippen molar-refractivity contribution in [3.8, 4) is 22.4 Å². The van der Waals surface area contributed by atoms with Gasteiger partial charge in [0.2, 0.25) is 0 Å². The molecule has 0 unspecified atom stereocenters. The third-order valence-corrected chi connectivity index (χ3v) is 3.47. The minimum atomic E-state index is 0.634. The van der Waals surface area contributed by atoms with E-state index in [0.717, 1.165) is 26.9 Å². The number of nitrogens with two attached hydrogens (primary N) is 1. The first-order valence-corrected chi connectivity index (χ1v) is 6.53. The molecule has 0 radical (unpaired) electrons. The summed E-state index contributed by atoms with van der Waals surface area (Å²) in [6, 6.07) is 8.00. The number of aromatic nitrogens is 4. The van der Waals surface area contributed by atoms with Crippen molar-refractivity contribution in [3.63, 3.8) is 0 Å². The molecule has 0 fully saturated rings. The van der Waals surface area contributed by atoms with E-state index >= 15 is 0 Å². The molecule has 3 aromatic rings. The zero-order valence-electron chi connectivity index (χ0n) is 10.3. The molecular weight excluding hydrogens is 306 g/mol. The number of aryl methyl sites for hydroxylation is 1. The molecule has 0 spiro atoms. The van der Waals surface area contributed by atoms with E-state index in [0.29, 0.717) is 5.82 Å². The van der Waals surface area contributed by atoms with Gasteiger partial charge in [0.25, 0.3) is 0 Å². The van der Waals surface area contributed by atoms with Crippen LogP contribution < -0.4 is 5.73 Å². The predicted molar refractivity (Wildman–Crippen MR) is 78.3 cm³/mol. The molecule has 0 aliphatic carbocycles. The molecule has 3 N–H and O–H groups in total. The fourth-order valence-electron chi connectivity index (χ4n) is 2.05. The molecule has 0 atom stereocenters. The quantitative estimate of drug-likeness (QED) is 0.763. The van der Waals surface area contributed by atoms with E-state index in [1.807, 2.05) is 37.5 Å². The van der Waals surface area contributed by atoms with Gasteiger partial charge in [-0.2, -0.15) is 10.2 Å². The van der Waals surface area contributed by atoms with Gasteiger partial charge < -0.3 is 5.73 Å². The van der Waals surface area contributed by atoms with Gasteiger partial charge in [-0.15, -0.1) is 0 Å². The lowest BCUT2D eigenvalue weighted by molar-refractivity contribution is 0.782. The Kier molecular flexibility index (Phi) is 2.87. The minimum absolute atomic E-state index is 0.634. The molecule has 5 nitrogen and oxygen atoms in total. The molecule has 1 aromatic carbocycles. The maximum Gasteiger partial charge on any atom is 0.129 e. The van der Waals surface area contributed by atoms with Gasteiger partial charge in [0.05, 0.1) is 11.8 Å². The van der Waals surface area contributed by atoms with E-state index in [-0.39, 0.29) is 0 Å². The Morgan fingerprint density at radius 1 is 1.32 bits per heavy atom. The van der Waals surface area contributed by atoms with Gasteiger partial charge in [-0.3, -0.25) is 9.78 Å². The monoisotopic (exact) mass is 317 g/mol. The molecule has 0 aliphatic rings. The van der Waals surface area contributed by atoms with E-state index in [1.54, 1.807) is 10.9 Å². The second-order valence-corrected chi connectivity index (χ2v) is 5.15. The predicted octanol–water partition coefficient (Wildman–Crippen LogP) is 2.82. The summed E-state index contributed by atoms with van der Waals surface area (Å²) in [5.74, 6) is 0.634. The van der Waals surface area contributed by atoms with Crippen LogP contribution in [0.4, 0.5) is 5.82 Å². The highest BCUT2D eigenvalue weighted by Gasteiger charge is 2.17. The number of aromatic amines is 1. The smallest absolute Gasteiger partial charge is 0.129 e. The summed E-state index contributed by atoms with van der Waals surface area (Å²) in [6.45, 7) is 0. The van der Waals surface area contributed by atoms with Gasteiger partial charge in [0, 0.05) is 23.3 Å². The molecule has 96 valence electrons. The number of hydrogen-bond donors (Lipinski definition) is 2. The van der Waals surface area contributed by atoms with Gasteiger partial charge in [0.1, 0.15) is 11.5 Å². The molecule has 2 aromatic heterocycles. The number of hydrogen-bond acceptors (Lipinski definition) is 3. The van der Waals surface area contributed by atoms with Crippen LogP contribution in [0.3, 0.4) is 0 Å². The lowest BCUT2D eigenvalue weighted by atomic mass is 10.0. The highest BCUT2D eigenvalue weighted by atomic mass is 79.9. The molecule has 0 bridgehead atoms. The van der Waals surface area contributed by atoms with E-state index < -0.39 is 0 Å². The Morgan fingerprint density at radius 3 is 2.84 bits per heavy atom. The number of rotatable bonds is 2. The number of nitrogen functional groups attached to an aromatic ring is 1. The highest BCUT2D eigenvalue weighted by molar-refractivity contribution is 9.10. The average molecular weight is 318 g/mol. The SMILES string of the molecule is Cn1nc(-c2cn[nH]c2)c(-c2cccc(Br)c2)c1N. The highest BCUT2D eigenvalue weighted by Crippen LogP contribution is 2.36. The first-order chi connectivity index (χ1) is 9.16. The molecular formula is C13H12BrN5. The topological polar surface area (TPSA) is 72.5 Å². The standard InChI is InChI=1S/C13H12BrN5/c1-19-13(15)11(8-3-2-4-10(14)5-8)12(18-19)9-6-16-17-7-9/h2-7H,15H2,1H3,(H,16,17). The number of anilines is 1. The number of halogens is 1. The lowest BCUT2D eigenvalue weighted by Gasteiger charge is -2.03. The van der Waals surface area contributed by atoms with Gasteiger partial charge in [-0.1, -0.05) is 28.1 Å². The molecule has 0 amide bonds. The summed E-state index contributed by atoms with van der Waals surface area (Å²) >= 11 is 3.48. The largest absolute Gasteiger partial charge is 0.383 e. The van der Waals surface area contributed by atoms with E-state index in [4.69, 9.17) is 5.73 Å². The molecule has 3 rings (SSSR count). The maximum atomic E-state index is 6.15. The van der Waals surface area contributed by atoms with Crippen LogP contribution in [0.15, 0.2) is 41.1 Å². The zero-order chi connectivity index (χ0) is 13.4. The molecule has 6 heteroatoms. The van der Waals surface area contributed by atoms with Crippen LogP contribution in [0, 0.1) is 0 Å². The Balaban J connectivity index is 2.26. The Hall–Kier alpha value is -2.08. The molecule has 2 heterocycles. The summed E-state index contributed by atoms with van der Waals surface area (Å²) in [7, 11) is 1.83. The molecule has 0 saturated heterocycles. The second kappa shape index (κ2) is 4.55. The zero-order valence-corrected chi connectivity index (χ0v) is 11.8. The van der Waals surface area contributed by atoms with Gasteiger partial charge in [-0.05, 0) is 17.7 Å². The molecule has 19 heavy (non-hydrogen) atoms. The summed E-state index contributed by atoms with van der Waals surface area (Å²) in [4.78, 5) is 0. The van der Waals surface area contributed by atoms with E-state index in [1.165, 1.54) is 0 Å². The summed E-state index contributed by atoms with van der Waals surface area (Å²) in [5, 5.41) is 11.2. The fraction of sp³-hybridized carbons (Fsp3) is 0.0769. The summed E-state index contributed by atoms with van der Waals surface area (Å²) in [5.41, 5.74) is 9.84. The number of nitrogens with one attached hydrogen (secondary N) is 1. The van der Waals surface area contributed by atoms with Crippen molar-refractivity contribution < 1.29 is 0 Å². The van der Waals surface area contributed by atoms with E-state index in [9.17, 15) is 0 Å². The van der Waals surface area contributed by atoms with Crippen LogP contribution >= 0.6 is 15.9 Å². The Bertz CT molecular complexity index is 715. The van der Waals surface area contributed by atoms with Crippen LogP contribution in [0.2, 0.25) is 0 Å². The average Bonchev–Trinajstić information content (AvgIpc) is 2.99.